The maximum atomic E-state index is 5.98. The third-order valence-electron chi connectivity index (χ3n) is 2.97. The molecule has 1 aromatic heterocycles. The molecule has 0 saturated carbocycles. The summed E-state index contributed by atoms with van der Waals surface area (Å²) in [6.45, 7) is 0. The second-order valence-corrected chi connectivity index (χ2v) is 4.51. The number of nitrogens with one attached hydrogen (secondary N) is 1. The van der Waals surface area contributed by atoms with E-state index in [1.54, 1.807) is 38.6 Å². The van der Waals surface area contributed by atoms with Gasteiger partial charge in [0.2, 0.25) is 0 Å². The molecule has 0 aliphatic rings. The summed E-state index contributed by atoms with van der Waals surface area (Å²) in [4.78, 5) is 4.34. The lowest BCUT2D eigenvalue weighted by atomic mass is 10.0. The maximum Gasteiger partial charge on any atom is 0.142 e. The molecule has 0 aliphatic carbocycles. The molecule has 0 saturated heterocycles. The number of ether oxygens (including phenoxy) is 2. The highest BCUT2D eigenvalue weighted by Crippen LogP contribution is 2.34. The SMILES string of the molecule is COc1cc(Cl)ccc1C(NN)c1ncccc1OC. The summed E-state index contributed by atoms with van der Waals surface area (Å²) in [5.41, 5.74) is 4.25. The number of pyridine rings is 1. The van der Waals surface area contributed by atoms with E-state index in [2.05, 4.69) is 10.4 Å². The lowest BCUT2D eigenvalue weighted by Gasteiger charge is -2.20. The Morgan fingerprint density at radius 2 is 1.95 bits per heavy atom. The fraction of sp³-hybridized carbons (Fsp3) is 0.214. The minimum absolute atomic E-state index is 0.363. The second kappa shape index (κ2) is 6.56. The van der Waals surface area contributed by atoms with E-state index >= 15 is 0 Å². The smallest absolute Gasteiger partial charge is 0.142 e. The molecule has 0 radical (unpaired) electrons. The number of nitrogens with zero attached hydrogens (tertiary/aromatic N) is 1. The Kier molecular flexibility index (Phi) is 4.79. The number of hydrazine groups is 1. The summed E-state index contributed by atoms with van der Waals surface area (Å²) in [5, 5.41) is 0.592. The molecule has 20 heavy (non-hydrogen) atoms. The molecular weight excluding hydrogens is 278 g/mol. The number of halogens is 1. The van der Waals surface area contributed by atoms with Crippen LogP contribution < -0.4 is 20.7 Å². The lowest BCUT2D eigenvalue weighted by molar-refractivity contribution is 0.390. The summed E-state index contributed by atoms with van der Waals surface area (Å²) in [6.07, 6.45) is 1.69. The number of benzene rings is 1. The molecule has 106 valence electrons. The normalized spacial score (nSPS) is 12.0. The van der Waals surface area contributed by atoms with Gasteiger partial charge in [-0.2, -0.15) is 0 Å². The molecule has 1 atom stereocenters. The number of hydrogen-bond acceptors (Lipinski definition) is 5. The van der Waals surface area contributed by atoms with Crippen LogP contribution >= 0.6 is 11.6 Å². The van der Waals surface area contributed by atoms with E-state index in [4.69, 9.17) is 26.9 Å². The molecule has 1 unspecified atom stereocenters. The average molecular weight is 294 g/mol. The van der Waals surface area contributed by atoms with E-state index in [1.165, 1.54) is 0 Å². The molecule has 0 fully saturated rings. The summed E-state index contributed by atoms with van der Waals surface area (Å²) >= 11 is 5.98. The van der Waals surface area contributed by atoms with Gasteiger partial charge in [0.05, 0.1) is 20.3 Å². The summed E-state index contributed by atoms with van der Waals surface area (Å²) in [5.74, 6) is 6.97. The molecular formula is C14H16ClN3O2. The number of hydrogen-bond donors (Lipinski definition) is 2. The molecule has 0 aliphatic heterocycles. The van der Waals surface area contributed by atoms with E-state index < -0.39 is 0 Å². The van der Waals surface area contributed by atoms with E-state index in [1.807, 2.05) is 12.1 Å². The molecule has 1 aromatic carbocycles. The summed E-state index contributed by atoms with van der Waals surface area (Å²) in [7, 11) is 3.17. The first-order valence-corrected chi connectivity index (χ1v) is 6.37. The van der Waals surface area contributed by atoms with Crippen LogP contribution in [-0.2, 0) is 0 Å². The van der Waals surface area contributed by atoms with Gasteiger partial charge in [0.15, 0.2) is 0 Å². The van der Waals surface area contributed by atoms with Crippen molar-refractivity contribution in [3.05, 3.63) is 52.8 Å². The van der Waals surface area contributed by atoms with Gasteiger partial charge in [-0.05, 0) is 24.3 Å². The molecule has 2 aromatic rings. The van der Waals surface area contributed by atoms with Crippen LogP contribution in [0.25, 0.3) is 0 Å². The molecule has 2 rings (SSSR count). The minimum atomic E-state index is -0.363. The molecule has 3 N–H and O–H groups in total. The van der Waals surface area contributed by atoms with Crippen molar-refractivity contribution in [1.82, 2.24) is 10.4 Å². The Bertz CT molecular complexity index is 592. The van der Waals surface area contributed by atoms with Gasteiger partial charge in [0, 0.05) is 16.8 Å². The maximum absolute atomic E-state index is 5.98. The number of rotatable bonds is 5. The topological polar surface area (TPSA) is 69.4 Å². The standard InChI is InChI=1S/C14H16ClN3O2/c1-19-11-4-3-7-17-14(11)13(18-16)10-6-5-9(15)8-12(10)20-2/h3-8,13,18H,16H2,1-2H3. The highest BCUT2D eigenvalue weighted by molar-refractivity contribution is 6.30. The largest absolute Gasteiger partial charge is 0.496 e. The molecule has 6 heteroatoms. The first kappa shape index (κ1) is 14.6. The molecule has 1 heterocycles. The first-order valence-electron chi connectivity index (χ1n) is 5.99. The van der Waals surface area contributed by atoms with Crippen LogP contribution in [0.5, 0.6) is 11.5 Å². The van der Waals surface area contributed by atoms with Gasteiger partial charge < -0.3 is 9.47 Å². The zero-order chi connectivity index (χ0) is 14.5. The van der Waals surface area contributed by atoms with Crippen LogP contribution in [0.4, 0.5) is 0 Å². The third-order valence-corrected chi connectivity index (χ3v) is 3.20. The Morgan fingerprint density at radius 3 is 2.60 bits per heavy atom. The Labute approximate surface area is 122 Å². The number of aromatic nitrogens is 1. The van der Waals surface area contributed by atoms with Crippen LogP contribution in [0, 0.1) is 0 Å². The fourth-order valence-electron chi connectivity index (χ4n) is 2.03. The van der Waals surface area contributed by atoms with Crippen molar-refractivity contribution in [2.75, 3.05) is 14.2 Å². The first-order chi connectivity index (χ1) is 9.71. The van der Waals surface area contributed by atoms with Gasteiger partial charge >= 0.3 is 0 Å². The van der Waals surface area contributed by atoms with Crippen LogP contribution in [-0.4, -0.2) is 19.2 Å². The van der Waals surface area contributed by atoms with Crippen LogP contribution in [0.3, 0.4) is 0 Å². The van der Waals surface area contributed by atoms with Gasteiger partial charge in [0.1, 0.15) is 17.2 Å². The van der Waals surface area contributed by atoms with E-state index in [9.17, 15) is 0 Å². The van der Waals surface area contributed by atoms with Crippen molar-refractivity contribution in [2.45, 2.75) is 6.04 Å². The highest BCUT2D eigenvalue weighted by Gasteiger charge is 2.21. The van der Waals surface area contributed by atoms with Crippen molar-refractivity contribution in [1.29, 1.82) is 0 Å². The lowest BCUT2D eigenvalue weighted by Crippen LogP contribution is -2.30. The summed E-state index contributed by atoms with van der Waals surface area (Å²) < 4.78 is 10.7. The monoisotopic (exact) mass is 293 g/mol. The van der Waals surface area contributed by atoms with E-state index in [-0.39, 0.29) is 6.04 Å². The summed E-state index contributed by atoms with van der Waals surface area (Å²) in [6, 6.07) is 8.62. The fourth-order valence-corrected chi connectivity index (χ4v) is 2.19. The molecule has 0 bridgehead atoms. The van der Waals surface area contributed by atoms with Crippen molar-refractivity contribution < 1.29 is 9.47 Å². The van der Waals surface area contributed by atoms with Crippen molar-refractivity contribution >= 4 is 11.6 Å². The highest BCUT2D eigenvalue weighted by atomic mass is 35.5. The zero-order valence-corrected chi connectivity index (χ0v) is 12.0. The van der Waals surface area contributed by atoms with Crippen molar-refractivity contribution in [3.63, 3.8) is 0 Å². The van der Waals surface area contributed by atoms with E-state index in [0.29, 0.717) is 22.2 Å². The predicted molar refractivity (Wildman–Crippen MR) is 78.0 cm³/mol. The van der Waals surface area contributed by atoms with Crippen LogP contribution in [0.1, 0.15) is 17.3 Å². The molecule has 0 spiro atoms. The van der Waals surface area contributed by atoms with Gasteiger partial charge in [-0.25, -0.2) is 5.43 Å². The Hall–Kier alpha value is -1.82. The predicted octanol–water partition coefficient (Wildman–Crippen LogP) is 2.30. The van der Waals surface area contributed by atoms with Crippen molar-refractivity contribution in [3.8, 4) is 11.5 Å². The Morgan fingerprint density at radius 1 is 1.20 bits per heavy atom. The number of methoxy groups -OCH3 is 2. The zero-order valence-electron chi connectivity index (χ0n) is 11.3. The van der Waals surface area contributed by atoms with Crippen molar-refractivity contribution in [2.24, 2.45) is 5.84 Å². The van der Waals surface area contributed by atoms with Gasteiger partial charge in [0.25, 0.3) is 0 Å². The second-order valence-electron chi connectivity index (χ2n) is 4.08. The van der Waals surface area contributed by atoms with E-state index in [0.717, 1.165) is 5.56 Å². The molecule has 5 nitrogen and oxygen atoms in total. The molecule has 0 amide bonds. The average Bonchev–Trinajstić information content (AvgIpc) is 2.49. The van der Waals surface area contributed by atoms with Gasteiger partial charge in [-0.15, -0.1) is 0 Å². The van der Waals surface area contributed by atoms with Crippen LogP contribution in [0.15, 0.2) is 36.5 Å². The van der Waals surface area contributed by atoms with Crippen LogP contribution in [0.2, 0.25) is 5.02 Å². The third kappa shape index (κ3) is 2.85. The number of nitrogens with two attached hydrogens (primary N) is 1. The van der Waals surface area contributed by atoms with Gasteiger partial charge in [-0.1, -0.05) is 17.7 Å². The minimum Gasteiger partial charge on any atom is -0.496 e. The van der Waals surface area contributed by atoms with Gasteiger partial charge in [-0.3, -0.25) is 10.8 Å². The Balaban J connectivity index is 2.52. The quantitative estimate of drug-likeness (QED) is 0.654.